The highest BCUT2D eigenvalue weighted by atomic mass is 32.2. The summed E-state index contributed by atoms with van der Waals surface area (Å²) in [6.07, 6.45) is 5.85. The van der Waals surface area contributed by atoms with Crippen LogP contribution in [0.2, 0.25) is 0 Å². The van der Waals surface area contributed by atoms with Crippen LogP contribution < -0.4 is 15.0 Å². The number of hydrogen-bond donors (Lipinski definition) is 1. The molecule has 5 rings (SSSR count). The van der Waals surface area contributed by atoms with E-state index < -0.39 is 32.2 Å². The summed E-state index contributed by atoms with van der Waals surface area (Å²) in [6.45, 7) is 5.96. The van der Waals surface area contributed by atoms with Crippen molar-refractivity contribution in [2.75, 3.05) is 6.79 Å². The van der Waals surface area contributed by atoms with Gasteiger partial charge in [0, 0.05) is 18.8 Å². The fourth-order valence-corrected chi connectivity index (χ4v) is 6.38. The molecule has 2 aromatic carbocycles. The molecule has 4 aromatic rings. The minimum absolute atomic E-state index is 0.110. The summed E-state index contributed by atoms with van der Waals surface area (Å²) in [5, 5.41) is 11.6. The Balaban J connectivity index is 1.63. The molecular weight excluding hydrogens is 530 g/mol. The lowest BCUT2D eigenvalue weighted by Gasteiger charge is -2.25. The number of benzene rings is 2. The SMILES string of the molecule is CCCCc1nc(=O)c(S(=O)(=O)c2ccc(-c3ccncc3C)cc2)c(O)n1[C@@H](CC)c1ccc2c(c1)OCO2. The molecule has 0 fully saturated rings. The number of nitrogens with zero attached hydrogens (tertiary/aromatic N) is 3. The lowest BCUT2D eigenvalue weighted by molar-refractivity contribution is 0.174. The number of aromatic hydroxyl groups is 1. The highest BCUT2D eigenvalue weighted by Crippen LogP contribution is 2.38. The van der Waals surface area contributed by atoms with E-state index in [1.165, 1.54) is 16.7 Å². The van der Waals surface area contributed by atoms with E-state index in [2.05, 4.69) is 9.97 Å². The Labute approximate surface area is 233 Å². The third-order valence-corrected chi connectivity index (χ3v) is 8.92. The second-order valence-electron chi connectivity index (χ2n) is 9.71. The Bertz CT molecular complexity index is 1710. The third-order valence-electron chi connectivity index (χ3n) is 7.13. The first-order valence-corrected chi connectivity index (χ1v) is 14.7. The Hall–Kier alpha value is -4.18. The van der Waals surface area contributed by atoms with Crippen molar-refractivity contribution in [1.29, 1.82) is 0 Å². The summed E-state index contributed by atoms with van der Waals surface area (Å²) < 4.78 is 40.1. The number of aryl methyl sites for hydroxylation is 2. The van der Waals surface area contributed by atoms with Gasteiger partial charge in [0.25, 0.3) is 5.56 Å². The molecule has 0 amide bonds. The Morgan fingerprint density at radius 1 is 1.05 bits per heavy atom. The summed E-state index contributed by atoms with van der Waals surface area (Å²) >= 11 is 0. The molecule has 3 heterocycles. The molecule has 1 N–H and O–H groups in total. The first kappa shape index (κ1) is 27.4. The number of aromatic nitrogens is 3. The standard InChI is InChI=1S/C30H31N3O6S/c1-4-6-7-27-32-29(34)28(30(35)33(27)24(5-2)21-10-13-25-26(16-21)39-18-38-25)40(36,37)22-11-8-20(9-12-22)23-14-15-31-17-19(23)3/h8-17,24,35H,4-7,18H2,1-3H3/t24-/m0/s1. The first-order valence-electron chi connectivity index (χ1n) is 13.3. The molecule has 0 aliphatic carbocycles. The highest BCUT2D eigenvalue weighted by molar-refractivity contribution is 7.91. The van der Waals surface area contributed by atoms with Crippen molar-refractivity contribution in [3.05, 3.63) is 88.2 Å². The normalized spacial score (nSPS) is 13.4. The van der Waals surface area contributed by atoms with Crippen LogP contribution in [0.25, 0.3) is 11.1 Å². The topological polar surface area (TPSA) is 121 Å². The monoisotopic (exact) mass is 561 g/mol. The molecule has 0 radical (unpaired) electrons. The van der Waals surface area contributed by atoms with E-state index >= 15 is 0 Å². The van der Waals surface area contributed by atoms with Crippen molar-refractivity contribution in [2.24, 2.45) is 0 Å². The van der Waals surface area contributed by atoms with Crippen molar-refractivity contribution < 1.29 is 23.0 Å². The average molecular weight is 562 g/mol. The number of sulfone groups is 1. The maximum Gasteiger partial charge on any atom is 0.296 e. The van der Waals surface area contributed by atoms with Gasteiger partial charge in [0.15, 0.2) is 16.4 Å². The zero-order valence-electron chi connectivity index (χ0n) is 22.6. The van der Waals surface area contributed by atoms with Crippen LogP contribution in [0, 0.1) is 6.92 Å². The Morgan fingerprint density at radius 3 is 2.50 bits per heavy atom. The maximum absolute atomic E-state index is 13.8. The molecule has 208 valence electrons. The summed E-state index contributed by atoms with van der Waals surface area (Å²) in [5.41, 5.74) is 2.46. The molecule has 0 saturated carbocycles. The van der Waals surface area contributed by atoms with Gasteiger partial charge in [-0.05, 0) is 72.4 Å². The number of rotatable bonds is 9. The van der Waals surface area contributed by atoms with E-state index in [0.717, 1.165) is 28.7 Å². The van der Waals surface area contributed by atoms with E-state index in [1.807, 2.05) is 39.0 Å². The van der Waals surface area contributed by atoms with Gasteiger partial charge in [-0.3, -0.25) is 14.3 Å². The smallest absolute Gasteiger partial charge is 0.296 e. The molecule has 0 spiro atoms. The zero-order chi connectivity index (χ0) is 28.4. The van der Waals surface area contributed by atoms with Gasteiger partial charge >= 0.3 is 0 Å². The van der Waals surface area contributed by atoms with Gasteiger partial charge in [-0.25, -0.2) is 8.42 Å². The molecule has 40 heavy (non-hydrogen) atoms. The lowest BCUT2D eigenvalue weighted by atomic mass is 10.0. The second-order valence-corrected chi connectivity index (χ2v) is 11.6. The summed E-state index contributed by atoms with van der Waals surface area (Å²) in [6, 6.07) is 13.0. The number of ether oxygens (including phenoxy) is 2. The van der Waals surface area contributed by atoms with Gasteiger partial charge in [-0.1, -0.05) is 38.5 Å². The van der Waals surface area contributed by atoms with Gasteiger partial charge in [0.1, 0.15) is 5.82 Å². The van der Waals surface area contributed by atoms with Crippen LogP contribution in [-0.2, 0) is 16.3 Å². The van der Waals surface area contributed by atoms with E-state index in [-0.39, 0.29) is 11.7 Å². The largest absolute Gasteiger partial charge is 0.493 e. The van der Waals surface area contributed by atoms with Crippen molar-refractivity contribution >= 4 is 9.84 Å². The van der Waals surface area contributed by atoms with Crippen molar-refractivity contribution in [2.45, 2.75) is 62.3 Å². The predicted molar refractivity (Wildman–Crippen MR) is 150 cm³/mol. The van der Waals surface area contributed by atoms with Gasteiger partial charge in [0.2, 0.25) is 22.5 Å². The van der Waals surface area contributed by atoms with E-state index in [9.17, 15) is 18.3 Å². The van der Waals surface area contributed by atoms with Crippen LogP contribution >= 0.6 is 0 Å². The average Bonchev–Trinajstić information content (AvgIpc) is 3.42. The molecule has 1 aliphatic heterocycles. The van der Waals surface area contributed by atoms with Crippen molar-refractivity contribution in [3.63, 3.8) is 0 Å². The van der Waals surface area contributed by atoms with Crippen LogP contribution in [0.1, 0.15) is 56.1 Å². The number of fused-ring (bicyclic) bond motifs is 1. The van der Waals surface area contributed by atoms with Crippen LogP contribution in [0.5, 0.6) is 17.4 Å². The van der Waals surface area contributed by atoms with E-state index in [1.54, 1.807) is 30.6 Å². The fourth-order valence-electron chi connectivity index (χ4n) is 5.04. The van der Waals surface area contributed by atoms with Gasteiger partial charge < -0.3 is 14.6 Å². The molecular formula is C30H31N3O6S. The Kier molecular flexibility index (Phi) is 7.62. The number of unbranched alkanes of at least 4 members (excludes halogenated alkanes) is 1. The molecule has 1 atom stereocenters. The fraction of sp³-hybridized carbons (Fsp3) is 0.300. The molecule has 1 aliphatic rings. The number of pyridine rings is 1. The Morgan fingerprint density at radius 2 is 1.80 bits per heavy atom. The number of hydrogen-bond acceptors (Lipinski definition) is 8. The van der Waals surface area contributed by atoms with Crippen molar-refractivity contribution in [1.82, 2.24) is 14.5 Å². The van der Waals surface area contributed by atoms with Crippen LogP contribution in [0.15, 0.2) is 75.5 Å². The minimum atomic E-state index is -4.41. The molecule has 0 saturated heterocycles. The van der Waals surface area contributed by atoms with E-state index in [0.29, 0.717) is 36.6 Å². The predicted octanol–water partition coefficient (Wildman–Crippen LogP) is 5.22. The first-order chi connectivity index (χ1) is 19.3. The van der Waals surface area contributed by atoms with E-state index in [4.69, 9.17) is 9.47 Å². The lowest BCUT2D eigenvalue weighted by Crippen LogP contribution is -2.27. The molecule has 10 heteroatoms. The second kappa shape index (κ2) is 11.1. The van der Waals surface area contributed by atoms with Gasteiger partial charge in [-0.2, -0.15) is 4.98 Å². The zero-order valence-corrected chi connectivity index (χ0v) is 23.4. The van der Waals surface area contributed by atoms with Crippen LogP contribution in [-0.4, -0.2) is 34.9 Å². The molecule has 9 nitrogen and oxygen atoms in total. The van der Waals surface area contributed by atoms with Gasteiger partial charge in [0.05, 0.1) is 10.9 Å². The summed E-state index contributed by atoms with van der Waals surface area (Å²) in [7, 11) is -4.41. The summed E-state index contributed by atoms with van der Waals surface area (Å²) in [4.78, 5) is 20.7. The highest BCUT2D eigenvalue weighted by Gasteiger charge is 2.32. The minimum Gasteiger partial charge on any atom is -0.493 e. The van der Waals surface area contributed by atoms with Gasteiger partial charge in [-0.15, -0.1) is 0 Å². The van der Waals surface area contributed by atoms with Crippen LogP contribution in [0.4, 0.5) is 0 Å². The van der Waals surface area contributed by atoms with Crippen LogP contribution in [0.3, 0.4) is 0 Å². The molecule has 0 bridgehead atoms. The maximum atomic E-state index is 13.8. The molecule has 0 unspecified atom stereocenters. The van der Waals surface area contributed by atoms with Crippen molar-refractivity contribution in [3.8, 4) is 28.5 Å². The summed E-state index contributed by atoms with van der Waals surface area (Å²) in [5.74, 6) is 0.888. The molecule has 2 aromatic heterocycles. The quantitative estimate of drug-likeness (QED) is 0.295. The third kappa shape index (κ3) is 4.95.